The number of nitrogens with one attached hydrogen (secondary N) is 1. The van der Waals surface area contributed by atoms with E-state index in [0.29, 0.717) is 0 Å². The summed E-state index contributed by atoms with van der Waals surface area (Å²) in [6.45, 7) is 19.7. The van der Waals surface area contributed by atoms with Crippen molar-refractivity contribution in [3.63, 3.8) is 0 Å². The Morgan fingerprint density at radius 1 is 0.581 bits per heavy atom. The Labute approximate surface area is 371 Å². The van der Waals surface area contributed by atoms with Gasteiger partial charge in [-0.3, -0.25) is 4.99 Å². The molecule has 0 radical (unpaired) electrons. The van der Waals surface area contributed by atoms with Crippen molar-refractivity contribution in [2.75, 3.05) is 0 Å². The molecular formula is C59H52N2S. The number of aryl methyl sites for hydroxylation is 2. The van der Waals surface area contributed by atoms with Gasteiger partial charge in [-0.15, -0.1) is 11.3 Å². The van der Waals surface area contributed by atoms with Gasteiger partial charge < -0.3 is 5.41 Å². The summed E-state index contributed by atoms with van der Waals surface area (Å²) >= 11 is 1.89. The summed E-state index contributed by atoms with van der Waals surface area (Å²) in [5.74, 6) is 0. The summed E-state index contributed by atoms with van der Waals surface area (Å²) in [5.41, 5.74) is 12.1. The van der Waals surface area contributed by atoms with Crippen LogP contribution < -0.4 is 0 Å². The topological polar surface area (TPSA) is 36.2 Å². The highest BCUT2D eigenvalue weighted by molar-refractivity contribution is 7.26. The summed E-state index contributed by atoms with van der Waals surface area (Å²) < 4.78 is 2.68. The molecule has 1 heterocycles. The second kappa shape index (κ2) is 21.7. The van der Waals surface area contributed by atoms with Gasteiger partial charge in [0.15, 0.2) is 0 Å². The molecule has 2 nitrogen and oxygen atoms in total. The van der Waals surface area contributed by atoms with E-state index >= 15 is 0 Å². The van der Waals surface area contributed by atoms with Crippen molar-refractivity contribution >= 4 is 84.2 Å². The lowest BCUT2D eigenvalue weighted by Crippen LogP contribution is -1.86. The number of hydrogen-bond acceptors (Lipinski definition) is 3. The van der Waals surface area contributed by atoms with Crippen molar-refractivity contribution in [2.24, 2.45) is 4.99 Å². The molecule has 8 aromatic carbocycles. The Morgan fingerprint density at radius 2 is 1.23 bits per heavy atom. The monoisotopic (exact) mass is 820 g/mol. The van der Waals surface area contributed by atoms with E-state index in [1.165, 1.54) is 75.1 Å². The Morgan fingerprint density at radius 3 is 1.98 bits per heavy atom. The van der Waals surface area contributed by atoms with Crippen LogP contribution in [0.25, 0.3) is 81.7 Å². The Kier molecular flexibility index (Phi) is 15.4. The average Bonchev–Trinajstić information content (AvgIpc) is 3.72. The molecule has 9 rings (SSSR count). The number of aliphatic imine (C=N–C) groups is 1. The number of fused-ring (bicyclic) bond motifs is 6. The van der Waals surface area contributed by atoms with E-state index in [9.17, 15) is 0 Å². The number of thiophene rings is 1. The van der Waals surface area contributed by atoms with Gasteiger partial charge in [0, 0.05) is 26.4 Å². The van der Waals surface area contributed by atoms with E-state index in [2.05, 4.69) is 227 Å². The van der Waals surface area contributed by atoms with E-state index in [4.69, 9.17) is 5.41 Å². The van der Waals surface area contributed by atoms with Crippen LogP contribution in [0.4, 0.5) is 0 Å². The molecule has 0 aliphatic carbocycles. The molecule has 0 saturated heterocycles. The van der Waals surface area contributed by atoms with Crippen LogP contribution in [0.15, 0.2) is 212 Å². The molecule has 0 unspecified atom stereocenters. The minimum atomic E-state index is 1.13. The van der Waals surface area contributed by atoms with E-state index in [0.717, 1.165) is 22.3 Å². The summed E-state index contributed by atoms with van der Waals surface area (Å²) in [7, 11) is 0. The van der Waals surface area contributed by atoms with Crippen molar-refractivity contribution in [3.05, 3.63) is 235 Å². The van der Waals surface area contributed by atoms with E-state index in [-0.39, 0.29) is 0 Å². The summed E-state index contributed by atoms with van der Waals surface area (Å²) in [5, 5.41) is 13.4. The van der Waals surface area contributed by atoms with E-state index in [1.54, 1.807) is 6.20 Å². The molecule has 304 valence electrons. The van der Waals surface area contributed by atoms with Crippen LogP contribution in [-0.4, -0.2) is 13.4 Å². The Hall–Kier alpha value is -7.46. The number of nitrogens with zero attached hydrogens (tertiary/aromatic N) is 1. The zero-order valence-corrected chi connectivity index (χ0v) is 36.6. The third-order valence-electron chi connectivity index (χ3n) is 10.5. The van der Waals surface area contributed by atoms with Crippen LogP contribution in [0, 0.1) is 19.3 Å². The highest BCUT2D eigenvalue weighted by atomic mass is 32.1. The summed E-state index contributed by atoms with van der Waals surface area (Å²) in [6.07, 6.45) is 13.6. The zero-order valence-electron chi connectivity index (χ0n) is 35.8. The average molecular weight is 821 g/mol. The van der Waals surface area contributed by atoms with Gasteiger partial charge in [0.2, 0.25) is 0 Å². The molecule has 3 heteroatoms. The fraction of sp³-hybridized carbons (Fsp3) is 0.0508. The normalized spacial score (nSPS) is 11.1. The number of benzene rings is 8. The number of hydrogen-bond donors (Lipinski definition) is 1. The standard InChI is InChI=1S/C36H27NS.C11H10.C11H12.CH3N/c1-3-10-25(16-9-22-37-2)27-12-6-13-28(23-27)29-14-7-15-30(24-29)31-18-8-19-34-35(31)33-21-20-26-11-4-5-17-32(26)36(33)38-34;1-9-6-7-10-4-2-3-5-11(10)8-9;1-4-10-7-6-9(3)8-11(10)5-2;1-2/h3-24H,2H2,1H3;2-8H,1H3;4-8H,1-2H2,3H3;2H,1H2/b10-3+,22-9-,25-16+;;;. The Balaban J connectivity index is 0.000000216. The second-order valence-corrected chi connectivity index (χ2v) is 15.7. The maximum Gasteiger partial charge on any atom is 0.0434 e. The van der Waals surface area contributed by atoms with Gasteiger partial charge in [-0.25, -0.2) is 0 Å². The molecule has 0 aliphatic rings. The molecule has 0 fully saturated rings. The van der Waals surface area contributed by atoms with Gasteiger partial charge in [0.1, 0.15) is 0 Å². The van der Waals surface area contributed by atoms with Gasteiger partial charge in [-0.2, -0.15) is 0 Å². The lowest BCUT2D eigenvalue weighted by Gasteiger charge is -2.10. The van der Waals surface area contributed by atoms with Crippen molar-refractivity contribution in [1.82, 2.24) is 0 Å². The zero-order chi connectivity index (χ0) is 43.8. The van der Waals surface area contributed by atoms with Gasteiger partial charge in [0.25, 0.3) is 0 Å². The molecule has 0 aliphatic heterocycles. The molecule has 62 heavy (non-hydrogen) atoms. The Bertz CT molecular complexity index is 3100. The fourth-order valence-electron chi connectivity index (χ4n) is 7.54. The summed E-state index contributed by atoms with van der Waals surface area (Å²) in [6, 6.07) is 58.7. The predicted molar refractivity (Wildman–Crippen MR) is 279 cm³/mol. The first kappa shape index (κ1) is 44.1. The van der Waals surface area contributed by atoms with Gasteiger partial charge >= 0.3 is 0 Å². The third kappa shape index (κ3) is 10.5. The largest absolute Gasteiger partial charge is 0.317 e. The SMILES string of the molecule is C=Cc1ccc(C)cc1C=C.C=N.C=N\C=C/C=C(\C=C\C)c1cccc(-c2cccc(-c3cccc4sc5c6ccccc6ccc5c34)c2)c1.Cc1ccc2ccccc2c1. The van der Waals surface area contributed by atoms with Crippen LogP contribution in [-0.2, 0) is 0 Å². The van der Waals surface area contributed by atoms with Crippen molar-refractivity contribution < 1.29 is 0 Å². The molecular weight excluding hydrogens is 769 g/mol. The molecule has 0 amide bonds. The van der Waals surface area contributed by atoms with Gasteiger partial charge in [-0.05, 0) is 125 Å². The van der Waals surface area contributed by atoms with Crippen LogP contribution in [0.2, 0.25) is 0 Å². The van der Waals surface area contributed by atoms with Crippen LogP contribution >= 0.6 is 11.3 Å². The second-order valence-electron chi connectivity index (χ2n) is 14.6. The predicted octanol–water partition coefficient (Wildman–Crippen LogP) is 17.4. The van der Waals surface area contributed by atoms with Crippen molar-refractivity contribution in [2.45, 2.75) is 20.8 Å². The number of rotatable bonds is 8. The maximum absolute atomic E-state index is 5.50. The molecule has 1 aromatic heterocycles. The smallest absolute Gasteiger partial charge is 0.0434 e. The minimum Gasteiger partial charge on any atom is -0.317 e. The van der Waals surface area contributed by atoms with Crippen molar-refractivity contribution in [1.29, 1.82) is 5.41 Å². The minimum absolute atomic E-state index is 1.13. The molecule has 0 atom stereocenters. The molecule has 0 spiro atoms. The third-order valence-corrected chi connectivity index (χ3v) is 11.7. The first-order valence-corrected chi connectivity index (χ1v) is 21.4. The quantitative estimate of drug-likeness (QED) is 0.117. The first-order valence-electron chi connectivity index (χ1n) is 20.6. The number of allylic oxidation sites excluding steroid dienone is 5. The first-order chi connectivity index (χ1) is 30.4. The maximum atomic E-state index is 5.50. The molecule has 0 saturated carbocycles. The highest BCUT2D eigenvalue weighted by Crippen LogP contribution is 2.43. The molecule has 1 N–H and O–H groups in total. The van der Waals surface area contributed by atoms with E-state index < -0.39 is 0 Å². The van der Waals surface area contributed by atoms with Crippen LogP contribution in [0.1, 0.15) is 34.7 Å². The van der Waals surface area contributed by atoms with Crippen LogP contribution in [0.3, 0.4) is 0 Å². The fourth-order valence-corrected chi connectivity index (χ4v) is 8.80. The lowest BCUT2D eigenvalue weighted by molar-refractivity contribution is 1.45. The summed E-state index contributed by atoms with van der Waals surface area (Å²) in [4.78, 5) is 3.82. The van der Waals surface area contributed by atoms with Gasteiger partial charge in [-0.1, -0.05) is 200 Å². The highest BCUT2D eigenvalue weighted by Gasteiger charge is 2.14. The van der Waals surface area contributed by atoms with E-state index in [1.807, 2.05) is 36.5 Å². The van der Waals surface area contributed by atoms with Gasteiger partial charge in [0.05, 0.1) is 0 Å². The molecule has 9 aromatic rings. The van der Waals surface area contributed by atoms with Crippen molar-refractivity contribution in [3.8, 4) is 22.3 Å². The molecule has 0 bridgehead atoms. The van der Waals surface area contributed by atoms with Crippen LogP contribution in [0.5, 0.6) is 0 Å². The lowest BCUT2D eigenvalue weighted by atomic mass is 9.94.